The minimum absolute atomic E-state index is 0.287. The van der Waals surface area contributed by atoms with Gasteiger partial charge in [0.25, 0.3) is 0 Å². The Morgan fingerprint density at radius 1 is 0.269 bits per heavy atom. The van der Waals surface area contributed by atoms with Crippen molar-refractivity contribution >= 4 is 11.9 Å². The fourth-order valence-electron chi connectivity index (χ4n) is 15.9. The van der Waals surface area contributed by atoms with Gasteiger partial charge in [0, 0.05) is 16.5 Å². The molecule has 0 bridgehead atoms. The normalized spacial score (nSPS) is 11.7. The number of carbonyl (C=O) groups is 2. The predicted molar refractivity (Wildman–Crippen MR) is 445 cm³/mol. The summed E-state index contributed by atoms with van der Waals surface area (Å²) in [5, 5.41) is 22.4. The Bertz CT molecular complexity index is 5900. The molecule has 0 aliphatic carbocycles. The van der Waals surface area contributed by atoms with Crippen molar-refractivity contribution in [3.63, 3.8) is 0 Å². The third kappa shape index (κ3) is 13.2. The van der Waals surface area contributed by atoms with Gasteiger partial charge >= 0.3 is 11.9 Å². The molecule has 0 saturated carbocycles. The van der Waals surface area contributed by atoms with Gasteiger partial charge in [-0.3, -0.25) is 0 Å². The van der Waals surface area contributed by atoms with Crippen molar-refractivity contribution in [2.24, 2.45) is 0 Å². The molecule has 0 aromatic heterocycles. The minimum Gasteiger partial charge on any atom is -0.478 e. The number of benzene rings is 16. The third-order valence-corrected chi connectivity index (χ3v) is 21.2. The lowest BCUT2D eigenvalue weighted by Crippen LogP contribution is -2.24. The molecule has 0 heterocycles. The first kappa shape index (κ1) is 68.7. The van der Waals surface area contributed by atoms with E-state index in [2.05, 4.69) is 276 Å². The molecule has 0 aliphatic heterocycles. The highest BCUT2D eigenvalue weighted by atomic mass is 16.5. The first-order valence-corrected chi connectivity index (χ1v) is 36.7. The summed E-state index contributed by atoms with van der Waals surface area (Å²) in [5.41, 5.74) is 27.2. The van der Waals surface area contributed by atoms with Gasteiger partial charge in [0.1, 0.15) is 11.5 Å². The van der Waals surface area contributed by atoms with E-state index in [1.807, 2.05) is 127 Å². The molecule has 0 radical (unpaired) electrons. The van der Waals surface area contributed by atoms with E-state index < -0.39 is 17.4 Å². The third-order valence-electron chi connectivity index (χ3n) is 21.2. The Kier molecular flexibility index (Phi) is 19.2. The molecule has 0 spiro atoms. The molecule has 16 aromatic rings. The van der Waals surface area contributed by atoms with E-state index >= 15 is 0 Å². The first-order chi connectivity index (χ1) is 53.0. The molecule has 0 aliphatic rings. The molecule has 518 valence electrons. The molecule has 5 heteroatoms. The maximum Gasteiger partial charge on any atom is 0.337 e. The molecule has 0 saturated heterocycles. The van der Waals surface area contributed by atoms with Gasteiger partial charge in [-0.1, -0.05) is 365 Å². The second-order valence-corrected chi connectivity index (χ2v) is 27.6. The summed E-state index contributed by atoms with van der Waals surface area (Å²) in [6, 6.07) is 132. The van der Waals surface area contributed by atoms with E-state index in [-0.39, 0.29) is 11.1 Å². The maximum absolute atomic E-state index is 13.8. The SMILES string of the molecule is CC[C@](C)(c1ccc(-c2cc(-c3ccccc3)c(-c3ccc(Oc4ccc(-c5c(-c6ccccc6)c(C(=O)O)c(C(=O)O)c(-c6ccccc6)c5-c5ccccc5)cc4)cc3)c(-c3ccccc3)c2-c2ccccc2)cc1)c1cc(-c2ccccc2)c(-c2ccc(C)cc2)c(-c2ccccc2)c1-c1ccccc1. The number of rotatable bonds is 20. The van der Waals surface area contributed by atoms with Gasteiger partial charge in [-0.2, -0.15) is 0 Å². The smallest absolute Gasteiger partial charge is 0.337 e. The lowest BCUT2D eigenvalue weighted by atomic mass is 9.68. The van der Waals surface area contributed by atoms with Crippen molar-refractivity contribution in [1.29, 1.82) is 0 Å². The van der Waals surface area contributed by atoms with Gasteiger partial charge in [0.15, 0.2) is 0 Å². The molecular formula is C103H76O5. The zero-order valence-electron chi connectivity index (χ0n) is 60.2. The van der Waals surface area contributed by atoms with Gasteiger partial charge in [-0.05, 0) is 194 Å². The van der Waals surface area contributed by atoms with Crippen LogP contribution in [0.4, 0.5) is 0 Å². The standard InChI is InChI=1S/C103H76O5/c1-4-103(3,88-67-87(70-34-16-6-17-35-70)91(79-52-50-68(2)51-53-79)94(75-42-24-10-25-43-75)92(88)73-38-20-8-21-39-73)82-60-54-71(55-61-82)86-66-85(69-32-14-5-15-33-69)90(93(74-40-22-9-23-41-74)89(86)72-36-18-7-19-37-72)80-56-62-83(63-57-80)108-84-64-58-81(59-65-84)96-95(76-44-26-11-27-45-76)97(77-46-28-12-29-47-77)99(101(104)105)100(102(106)107)98(96)78-48-30-13-31-49-78/h5-67H,4H2,1-3H3,(H,104,105)(H,106,107)/t103-/m1/s1. The molecule has 0 fully saturated rings. The van der Waals surface area contributed by atoms with Crippen LogP contribution in [0.2, 0.25) is 0 Å². The number of aryl methyl sites for hydroxylation is 1. The predicted octanol–water partition coefficient (Wildman–Crippen LogP) is 27.6. The van der Waals surface area contributed by atoms with E-state index in [0.29, 0.717) is 50.4 Å². The number of hydrogen-bond acceptors (Lipinski definition) is 3. The summed E-state index contributed by atoms with van der Waals surface area (Å²) >= 11 is 0. The van der Waals surface area contributed by atoms with Crippen LogP contribution >= 0.6 is 0 Å². The van der Waals surface area contributed by atoms with Crippen LogP contribution in [0.5, 0.6) is 11.5 Å². The van der Waals surface area contributed by atoms with Gasteiger partial charge in [0.2, 0.25) is 0 Å². The number of ether oxygens (including phenoxy) is 1. The number of hydrogen-bond donors (Lipinski definition) is 2. The highest BCUT2D eigenvalue weighted by molar-refractivity contribution is 6.19. The Hall–Kier alpha value is -13.7. The van der Waals surface area contributed by atoms with Crippen molar-refractivity contribution < 1.29 is 24.5 Å². The highest BCUT2D eigenvalue weighted by Crippen LogP contribution is 2.56. The second-order valence-electron chi connectivity index (χ2n) is 27.6. The fraction of sp³-hybridized carbons (Fsp3) is 0.0485. The fourth-order valence-corrected chi connectivity index (χ4v) is 15.9. The summed E-state index contributed by atoms with van der Waals surface area (Å²) in [6.45, 7) is 6.93. The van der Waals surface area contributed by atoms with Crippen LogP contribution in [0.1, 0.15) is 57.7 Å². The van der Waals surface area contributed by atoms with E-state index in [1.165, 1.54) is 44.5 Å². The molecule has 16 rings (SSSR count). The zero-order valence-corrected chi connectivity index (χ0v) is 60.2. The lowest BCUT2D eigenvalue weighted by molar-refractivity contribution is 0.0653. The van der Waals surface area contributed by atoms with Gasteiger partial charge in [-0.15, -0.1) is 0 Å². The zero-order chi connectivity index (χ0) is 73.7. The van der Waals surface area contributed by atoms with Crippen molar-refractivity contribution in [2.75, 3.05) is 0 Å². The summed E-state index contributed by atoms with van der Waals surface area (Å²) in [4.78, 5) is 27.5. The average molecular weight is 1390 g/mol. The quantitative estimate of drug-likeness (QED) is 0.0794. The largest absolute Gasteiger partial charge is 0.478 e. The van der Waals surface area contributed by atoms with E-state index in [9.17, 15) is 19.8 Å². The van der Waals surface area contributed by atoms with Crippen LogP contribution in [-0.4, -0.2) is 22.2 Å². The summed E-state index contributed by atoms with van der Waals surface area (Å²) in [6.07, 6.45) is 0.820. The number of carboxylic acid groups (broad SMARTS) is 2. The Morgan fingerprint density at radius 3 is 0.824 bits per heavy atom. The van der Waals surface area contributed by atoms with Crippen molar-refractivity contribution in [1.82, 2.24) is 0 Å². The average Bonchev–Trinajstić information content (AvgIpc) is 0.737. The van der Waals surface area contributed by atoms with Crippen molar-refractivity contribution in [3.8, 4) is 156 Å². The van der Waals surface area contributed by atoms with Gasteiger partial charge in [0.05, 0.1) is 11.1 Å². The molecule has 16 aromatic carbocycles. The highest BCUT2D eigenvalue weighted by Gasteiger charge is 2.37. The summed E-state index contributed by atoms with van der Waals surface area (Å²) in [5.74, 6) is -1.53. The van der Waals surface area contributed by atoms with Gasteiger partial charge < -0.3 is 14.9 Å². The van der Waals surface area contributed by atoms with E-state index in [1.54, 1.807) is 0 Å². The molecule has 1 atom stereocenters. The number of carboxylic acids is 2. The van der Waals surface area contributed by atoms with Crippen molar-refractivity contribution in [3.05, 3.63) is 410 Å². The summed E-state index contributed by atoms with van der Waals surface area (Å²) < 4.78 is 6.80. The Morgan fingerprint density at radius 2 is 0.500 bits per heavy atom. The molecule has 108 heavy (non-hydrogen) atoms. The van der Waals surface area contributed by atoms with Crippen molar-refractivity contribution in [2.45, 2.75) is 32.6 Å². The van der Waals surface area contributed by atoms with E-state index in [4.69, 9.17) is 4.74 Å². The molecular weight excluding hydrogens is 1320 g/mol. The maximum atomic E-state index is 13.8. The first-order valence-electron chi connectivity index (χ1n) is 36.7. The van der Waals surface area contributed by atoms with Crippen LogP contribution in [0.3, 0.4) is 0 Å². The molecule has 2 N–H and O–H groups in total. The second kappa shape index (κ2) is 30.2. The Balaban J connectivity index is 0.838. The Labute approximate surface area is 631 Å². The molecule has 0 unspecified atom stereocenters. The van der Waals surface area contributed by atoms with Crippen LogP contribution in [0, 0.1) is 6.92 Å². The lowest BCUT2D eigenvalue weighted by Gasteiger charge is -2.35. The van der Waals surface area contributed by atoms with Crippen LogP contribution in [0.25, 0.3) is 145 Å². The minimum atomic E-state index is -1.35. The topological polar surface area (TPSA) is 83.8 Å². The van der Waals surface area contributed by atoms with Crippen LogP contribution in [0.15, 0.2) is 382 Å². The monoisotopic (exact) mass is 1390 g/mol. The number of aromatic carboxylic acids is 2. The molecule has 0 amide bonds. The van der Waals surface area contributed by atoms with E-state index in [0.717, 1.165) is 84.3 Å². The molecule has 5 nitrogen and oxygen atoms in total. The summed E-state index contributed by atoms with van der Waals surface area (Å²) in [7, 11) is 0. The van der Waals surface area contributed by atoms with Gasteiger partial charge in [-0.25, -0.2) is 9.59 Å². The van der Waals surface area contributed by atoms with Crippen LogP contribution in [-0.2, 0) is 5.41 Å². The van der Waals surface area contributed by atoms with Crippen LogP contribution < -0.4 is 4.74 Å².